The van der Waals surface area contributed by atoms with E-state index < -0.39 is 13.3 Å². The van der Waals surface area contributed by atoms with Gasteiger partial charge in [-0.05, 0) is 24.0 Å². The minimum atomic E-state index is -1.94. The molecule has 3 nitrogen and oxygen atoms in total. The molecule has 138 valence electrons. The van der Waals surface area contributed by atoms with Crippen LogP contribution in [0.5, 0.6) is 0 Å². The minimum Gasteiger partial charge on any atom is -0.286 e. The van der Waals surface area contributed by atoms with Crippen molar-refractivity contribution in [3.8, 4) is 0 Å². The van der Waals surface area contributed by atoms with Crippen molar-refractivity contribution in [2.45, 2.75) is 45.1 Å². The number of unbranched alkanes of at least 4 members (excludes halogenated alkanes) is 1. The largest absolute Gasteiger partial charge is 0.463 e. The summed E-state index contributed by atoms with van der Waals surface area (Å²) in [6, 6.07) is 20.3. The van der Waals surface area contributed by atoms with Gasteiger partial charge in [-0.1, -0.05) is 91.9 Å². The molecule has 0 N–H and O–H groups in total. The average Bonchev–Trinajstić information content (AvgIpc) is 2.68. The van der Waals surface area contributed by atoms with Crippen molar-refractivity contribution in [3.05, 3.63) is 71.8 Å². The number of carbonyl (C=O) groups is 1. The highest BCUT2D eigenvalue weighted by Gasteiger charge is 2.46. The van der Waals surface area contributed by atoms with E-state index in [2.05, 4.69) is 38.1 Å². The van der Waals surface area contributed by atoms with Crippen LogP contribution in [0, 0.1) is 0 Å². The minimum absolute atomic E-state index is 0.255. The number of nitrogens with zero attached hydrogens (tertiary/aromatic N) is 1. The third-order valence-corrected chi connectivity index (χ3v) is 5.59. The fraction of sp³-hybridized carbons (Fsp3) is 0.409. The van der Waals surface area contributed by atoms with Gasteiger partial charge in [-0.3, -0.25) is 4.90 Å². The van der Waals surface area contributed by atoms with Gasteiger partial charge in [0, 0.05) is 6.54 Å². The quantitative estimate of drug-likeness (QED) is 0.478. The van der Waals surface area contributed by atoms with Gasteiger partial charge in [-0.2, -0.15) is 0 Å². The molecule has 0 saturated carbocycles. The van der Waals surface area contributed by atoms with Crippen LogP contribution in [0.3, 0.4) is 0 Å². The first kappa shape index (κ1) is 20.3. The molecular weight excluding hydrogens is 341 g/mol. The molecule has 2 aromatic rings. The fourth-order valence-corrected chi connectivity index (χ4v) is 4.24. The highest BCUT2D eigenvalue weighted by atomic mass is 31.1. The topological polar surface area (TPSA) is 37.4 Å². The van der Waals surface area contributed by atoms with E-state index in [4.69, 9.17) is 0 Å². The summed E-state index contributed by atoms with van der Waals surface area (Å²) in [4.78, 5) is 14.9. The summed E-state index contributed by atoms with van der Waals surface area (Å²) in [6.07, 6.45) is 3.58. The Morgan fingerprint density at radius 1 is 0.923 bits per heavy atom. The summed E-state index contributed by atoms with van der Waals surface area (Å²) in [5.74, 6) is 0. The molecule has 26 heavy (non-hydrogen) atoms. The fourth-order valence-electron chi connectivity index (χ4n) is 3.63. The van der Waals surface area contributed by atoms with Crippen LogP contribution in [-0.2, 0) is 10.1 Å². The Labute approximate surface area is 158 Å². The number of hydrogen-bond donors (Lipinski definition) is 0. The van der Waals surface area contributed by atoms with E-state index in [1.54, 1.807) is 0 Å². The average molecular weight is 370 g/mol. The number of benzene rings is 2. The van der Waals surface area contributed by atoms with Crippen LogP contribution in [0.4, 0.5) is 4.79 Å². The Morgan fingerprint density at radius 2 is 1.42 bits per heavy atom. The zero-order valence-electron chi connectivity index (χ0n) is 16.0. The van der Waals surface area contributed by atoms with Crippen LogP contribution in [0.15, 0.2) is 60.7 Å². The maximum absolute atomic E-state index is 13.1. The standard InChI is InChI=1S/C22H29NO2P/c1-4-6-18-23(21(24)26(3)25)22(17-5-2,19-13-9-7-10-14-19)20-15-11-8-12-16-20/h7-16H,4-6,17-18H2,1-3H3/q+1. The van der Waals surface area contributed by atoms with Crippen molar-refractivity contribution in [2.24, 2.45) is 0 Å². The van der Waals surface area contributed by atoms with Crippen LogP contribution in [0.25, 0.3) is 0 Å². The van der Waals surface area contributed by atoms with Crippen molar-refractivity contribution >= 4 is 13.4 Å². The number of rotatable bonds is 9. The molecule has 0 spiro atoms. The zero-order chi connectivity index (χ0) is 19.0. The molecule has 0 bridgehead atoms. The molecule has 0 aliphatic rings. The lowest BCUT2D eigenvalue weighted by atomic mass is 9.77. The molecule has 1 atom stereocenters. The molecular formula is C22H29NO2P+. The molecule has 1 amide bonds. The van der Waals surface area contributed by atoms with Gasteiger partial charge in [0.05, 0.1) is 5.54 Å². The lowest BCUT2D eigenvalue weighted by Crippen LogP contribution is -2.49. The molecule has 0 aromatic heterocycles. The molecule has 0 fully saturated rings. The molecule has 1 unspecified atom stereocenters. The molecule has 4 heteroatoms. The van der Waals surface area contributed by atoms with E-state index >= 15 is 0 Å². The van der Waals surface area contributed by atoms with Gasteiger partial charge in [0.15, 0.2) is 0 Å². The van der Waals surface area contributed by atoms with Crippen LogP contribution >= 0.6 is 7.80 Å². The Morgan fingerprint density at radius 3 is 1.81 bits per heavy atom. The molecule has 0 aliphatic heterocycles. The van der Waals surface area contributed by atoms with Gasteiger partial charge in [-0.25, -0.2) is 4.79 Å². The van der Waals surface area contributed by atoms with E-state index in [9.17, 15) is 9.36 Å². The van der Waals surface area contributed by atoms with E-state index in [1.807, 2.05) is 41.3 Å². The predicted octanol–water partition coefficient (Wildman–Crippen LogP) is 6.41. The second-order valence-electron chi connectivity index (χ2n) is 6.63. The lowest BCUT2D eigenvalue weighted by Gasteiger charge is -2.43. The monoisotopic (exact) mass is 370 g/mol. The number of hydrogen-bond acceptors (Lipinski definition) is 2. The van der Waals surface area contributed by atoms with Crippen LogP contribution in [0.2, 0.25) is 0 Å². The lowest BCUT2D eigenvalue weighted by molar-refractivity contribution is 0.145. The van der Waals surface area contributed by atoms with Crippen LogP contribution in [-0.4, -0.2) is 23.8 Å². The molecule has 2 rings (SSSR count). The van der Waals surface area contributed by atoms with Crippen molar-refractivity contribution in [1.29, 1.82) is 0 Å². The first-order chi connectivity index (χ1) is 12.6. The van der Waals surface area contributed by atoms with E-state index in [0.717, 1.165) is 36.8 Å². The third kappa shape index (κ3) is 4.22. The van der Waals surface area contributed by atoms with E-state index in [0.29, 0.717) is 6.54 Å². The SMILES string of the molecule is CCCCN(C(=O)[P+](C)=O)C(CCC)(c1ccccc1)c1ccccc1. The molecule has 0 radical (unpaired) electrons. The van der Waals surface area contributed by atoms with E-state index in [1.165, 1.54) is 6.66 Å². The van der Waals surface area contributed by atoms with Crippen molar-refractivity contribution in [3.63, 3.8) is 0 Å². The Balaban J connectivity index is 2.74. The predicted molar refractivity (Wildman–Crippen MR) is 109 cm³/mol. The van der Waals surface area contributed by atoms with Crippen molar-refractivity contribution in [2.75, 3.05) is 13.2 Å². The third-order valence-electron chi connectivity index (χ3n) is 4.81. The van der Waals surface area contributed by atoms with Gasteiger partial charge in [0.2, 0.25) is 0 Å². The van der Waals surface area contributed by atoms with Crippen LogP contribution in [0.1, 0.15) is 50.7 Å². The highest BCUT2D eigenvalue weighted by Crippen LogP contribution is 2.43. The summed E-state index contributed by atoms with van der Waals surface area (Å²) >= 11 is 0. The first-order valence-electron chi connectivity index (χ1n) is 9.41. The maximum atomic E-state index is 13.1. The first-order valence-corrected chi connectivity index (χ1v) is 11.1. The second-order valence-corrected chi connectivity index (χ2v) is 8.01. The van der Waals surface area contributed by atoms with Gasteiger partial charge < -0.3 is 0 Å². The molecule has 0 saturated heterocycles. The maximum Gasteiger partial charge on any atom is 0.463 e. The van der Waals surface area contributed by atoms with Gasteiger partial charge in [0.25, 0.3) is 0 Å². The second kappa shape index (κ2) is 9.64. The summed E-state index contributed by atoms with van der Waals surface area (Å²) in [5, 5.41) is 0. The van der Waals surface area contributed by atoms with Gasteiger partial charge in [0.1, 0.15) is 6.66 Å². The van der Waals surface area contributed by atoms with Crippen molar-refractivity contribution < 1.29 is 9.36 Å². The van der Waals surface area contributed by atoms with Crippen LogP contribution < -0.4 is 0 Å². The normalized spacial score (nSPS) is 11.9. The summed E-state index contributed by atoms with van der Waals surface area (Å²) in [5.41, 5.74) is 1.31. The summed E-state index contributed by atoms with van der Waals surface area (Å²) in [6.45, 7) is 6.37. The zero-order valence-corrected chi connectivity index (χ0v) is 16.9. The molecule has 0 aliphatic carbocycles. The highest BCUT2D eigenvalue weighted by molar-refractivity contribution is 7.62. The number of carbonyl (C=O) groups excluding carboxylic acids is 1. The Kier molecular flexibility index (Phi) is 7.53. The summed E-state index contributed by atoms with van der Waals surface area (Å²) in [7, 11) is -1.94. The Hall–Kier alpha value is -1.99. The smallest absolute Gasteiger partial charge is 0.286 e. The molecule has 0 heterocycles. The van der Waals surface area contributed by atoms with Crippen molar-refractivity contribution in [1.82, 2.24) is 4.90 Å². The Bertz CT molecular complexity index is 676. The van der Waals surface area contributed by atoms with Gasteiger partial charge >= 0.3 is 13.4 Å². The summed E-state index contributed by atoms with van der Waals surface area (Å²) < 4.78 is 12.2. The van der Waals surface area contributed by atoms with E-state index in [-0.39, 0.29) is 5.65 Å². The number of amides is 1. The molecule has 2 aromatic carbocycles. The van der Waals surface area contributed by atoms with Gasteiger partial charge in [-0.15, -0.1) is 0 Å².